The number of aliphatic hydroxyl groups is 1. The van der Waals surface area contributed by atoms with Crippen LogP contribution in [0.5, 0.6) is 0 Å². The summed E-state index contributed by atoms with van der Waals surface area (Å²) in [5.74, 6) is -3.55. The molecule has 0 aromatic carbocycles. The summed E-state index contributed by atoms with van der Waals surface area (Å²) in [6, 6.07) is 2.88. The number of Topliss-reactive ketones (excluding diaryl/α,β-unsaturated/α-hetero) is 2. The molecule has 1 unspecified atom stereocenters. The van der Waals surface area contributed by atoms with Crippen molar-refractivity contribution in [2.75, 3.05) is 20.6 Å². The van der Waals surface area contributed by atoms with Crippen molar-refractivity contribution in [1.82, 2.24) is 24.3 Å². The fourth-order valence-corrected chi connectivity index (χ4v) is 10.2. The topological polar surface area (TPSA) is 163 Å². The second-order valence-corrected chi connectivity index (χ2v) is 18.5. The zero-order chi connectivity index (χ0) is 43.7. The Hall–Kier alpha value is -3.72. The first-order valence-electron chi connectivity index (χ1n) is 21.5. The second kappa shape index (κ2) is 18.5. The first kappa shape index (κ1) is 46.3. The molecule has 0 radical (unpaired) electrons. The Labute approximate surface area is 350 Å². The molecule has 3 saturated heterocycles. The van der Waals surface area contributed by atoms with Gasteiger partial charge in [0.1, 0.15) is 29.7 Å². The molecule has 14 heteroatoms. The molecule has 328 valence electrons. The minimum Gasteiger partial charge on any atom is -0.458 e. The minimum absolute atomic E-state index is 0.0789. The van der Waals surface area contributed by atoms with Gasteiger partial charge in [-0.2, -0.15) is 0 Å². The van der Waals surface area contributed by atoms with E-state index >= 15 is 0 Å². The number of carbonyl (C=O) groups excluding carboxylic acids is 4. The molecule has 3 aliphatic rings. The summed E-state index contributed by atoms with van der Waals surface area (Å²) in [4.78, 5) is 69.6. The SMILES string of the molecule is CC[C@H]1OC(=O)C(C)C(=O)[C@H](C)[C@@H](O[C@@H]2O[C@H](C)C[C@H](N(C)C)[C@H]2O)C(C)(C)C[C@@H](C)C(=O)[C@H](C)[C@H]2N(CCCCn3c(C)nc(-c4cccnc4)c3C)C(=O)O[C@]12C. The third-order valence-electron chi connectivity index (χ3n) is 13.4. The van der Waals surface area contributed by atoms with Gasteiger partial charge in [0, 0.05) is 60.5 Å². The van der Waals surface area contributed by atoms with E-state index in [2.05, 4.69) is 9.55 Å². The van der Waals surface area contributed by atoms with Gasteiger partial charge < -0.3 is 38.4 Å². The lowest BCUT2D eigenvalue weighted by atomic mass is 9.69. The van der Waals surface area contributed by atoms with Crippen LogP contribution in [0.3, 0.4) is 0 Å². The molecule has 3 fully saturated rings. The number of imidazole rings is 1. The maximum Gasteiger partial charge on any atom is 0.410 e. The molecule has 0 aliphatic carbocycles. The number of aryl methyl sites for hydroxylation is 1. The van der Waals surface area contributed by atoms with Crippen molar-refractivity contribution in [3.8, 4) is 11.3 Å². The molecule has 5 rings (SSSR count). The summed E-state index contributed by atoms with van der Waals surface area (Å²) in [7, 11) is 3.79. The maximum absolute atomic E-state index is 14.7. The van der Waals surface area contributed by atoms with Gasteiger partial charge in [-0.15, -0.1) is 0 Å². The number of hydrogen-bond donors (Lipinski definition) is 1. The van der Waals surface area contributed by atoms with E-state index in [0.29, 0.717) is 32.4 Å². The van der Waals surface area contributed by atoms with Crippen molar-refractivity contribution in [1.29, 1.82) is 0 Å². The number of unbranched alkanes of at least 4 members (excludes halogenated alkanes) is 1. The molecule has 1 N–H and O–H groups in total. The van der Waals surface area contributed by atoms with Crippen molar-refractivity contribution in [2.45, 2.75) is 163 Å². The summed E-state index contributed by atoms with van der Waals surface area (Å²) in [6.45, 7) is 21.4. The van der Waals surface area contributed by atoms with Gasteiger partial charge in [-0.25, -0.2) is 9.78 Å². The third-order valence-corrected chi connectivity index (χ3v) is 13.4. The van der Waals surface area contributed by atoms with Crippen LogP contribution in [0.4, 0.5) is 4.79 Å². The molecule has 0 spiro atoms. The summed E-state index contributed by atoms with van der Waals surface area (Å²) in [5.41, 5.74) is 0.674. The quantitative estimate of drug-likeness (QED) is 0.165. The van der Waals surface area contributed by atoms with Gasteiger partial charge in [-0.1, -0.05) is 41.5 Å². The van der Waals surface area contributed by atoms with Crippen LogP contribution in [0, 0.1) is 42.9 Å². The van der Waals surface area contributed by atoms with Gasteiger partial charge >= 0.3 is 12.1 Å². The van der Waals surface area contributed by atoms with Crippen LogP contribution >= 0.6 is 0 Å². The van der Waals surface area contributed by atoms with E-state index in [0.717, 1.165) is 29.2 Å². The number of fused-ring (bicyclic) bond motifs is 1. The van der Waals surface area contributed by atoms with Crippen LogP contribution in [0.15, 0.2) is 24.5 Å². The number of rotatable bonds is 10. The number of esters is 1. The average Bonchev–Trinajstić information content (AvgIpc) is 3.62. The van der Waals surface area contributed by atoms with Gasteiger partial charge in [-0.05, 0) is 98.4 Å². The van der Waals surface area contributed by atoms with Crippen LogP contribution in [-0.4, -0.2) is 122 Å². The maximum atomic E-state index is 14.7. The number of aromatic nitrogens is 3. The van der Waals surface area contributed by atoms with Gasteiger partial charge in [0.25, 0.3) is 0 Å². The van der Waals surface area contributed by atoms with Crippen LogP contribution in [-0.2, 0) is 39.9 Å². The highest BCUT2D eigenvalue weighted by Gasteiger charge is 2.60. The highest BCUT2D eigenvalue weighted by Crippen LogP contribution is 2.44. The summed E-state index contributed by atoms with van der Waals surface area (Å²) in [5, 5.41) is 11.4. The standard InChI is InChI=1S/C45H69N5O9/c1-14-34-45(11)39(50(43(55)59-45)21-16-15-20-49-30(7)35(47-31(49)8)32-18-17-19-46-24-32)27(4)36(51)25(2)23-44(9,10)40(28(5)37(52)29(6)41(54)57-34)58-42-38(53)33(48(12)13)22-26(3)56-42/h17-19,24-29,33-34,38-40,42,53H,14-16,20-23H2,1-13H3/t25-,26-,27+,28+,29?,33+,34-,38-,39-,40-,42+,45-/m1/s1. The Morgan fingerprint density at radius 2 is 1.66 bits per heavy atom. The van der Waals surface area contributed by atoms with E-state index in [-0.39, 0.29) is 24.3 Å². The summed E-state index contributed by atoms with van der Waals surface area (Å²) >= 11 is 0. The van der Waals surface area contributed by atoms with Crippen LogP contribution in [0.25, 0.3) is 11.3 Å². The number of pyridine rings is 1. The monoisotopic (exact) mass is 824 g/mol. The normalized spacial score (nSPS) is 34.7. The fourth-order valence-electron chi connectivity index (χ4n) is 10.2. The zero-order valence-corrected chi connectivity index (χ0v) is 37.6. The minimum atomic E-state index is -1.37. The Morgan fingerprint density at radius 3 is 2.29 bits per heavy atom. The van der Waals surface area contributed by atoms with Gasteiger partial charge in [0.2, 0.25) is 0 Å². The number of hydrogen-bond acceptors (Lipinski definition) is 12. The van der Waals surface area contributed by atoms with E-state index in [1.165, 1.54) is 6.92 Å². The molecular formula is C45H69N5O9. The van der Waals surface area contributed by atoms with Gasteiger partial charge in [0.05, 0.1) is 23.9 Å². The predicted molar refractivity (Wildman–Crippen MR) is 222 cm³/mol. The lowest BCUT2D eigenvalue weighted by molar-refractivity contribution is -0.285. The zero-order valence-electron chi connectivity index (χ0n) is 37.6. The molecule has 0 saturated carbocycles. The third kappa shape index (κ3) is 9.45. The molecule has 2 aromatic rings. The van der Waals surface area contributed by atoms with E-state index in [4.69, 9.17) is 23.9 Å². The van der Waals surface area contributed by atoms with Crippen molar-refractivity contribution >= 4 is 23.6 Å². The van der Waals surface area contributed by atoms with Crippen molar-refractivity contribution in [3.05, 3.63) is 36.0 Å². The largest absolute Gasteiger partial charge is 0.458 e. The molecule has 1 amide bonds. The molecule has 12 atom stereocenters. The summed E-state index contributed by atoms with van der Waals surface area (Å²) in [6.07, 6.45) is 1.49. The van der Waals surface area contributed by atoms with Crippen LogP contribution < -0.4 is 0 Å². The Morgan fingerprint density at radius 1 is 0.983 bits per heavy atom. The fraction of sp³-hybridized carbons (Fsp3) is 0.733. The first-order chi connectivity index (χ1) is 27.6. The van der Waals surface area contributed by atoms with E-state index in [1.807, 2.05) is 86.5 Å². The predicted octanol–water partition coefficient (Wildman–Crippen LogP) is 6.17. The molecular weight excluding hydrogens is 755 g/mol. The number of amides is 1. The van der Waals surface area contributed by atoms with Crippen molar-refractivity contribution in [3.63, 3.8) is 0 Å². The first-order valence-corrected chi connectivity index (χ1v) is 21.5. The van der Waals surface area contributed by atoms with Crippen molar-refractivity contribution in [2.24, 2.45) is 29.1 Å². The molecule has 2 aromatic heterocycles. The smallest absolute Gasteiger partial charge is 0.410 e. The van der Waals surface area contributed by atoms with Crippen LogP contribution in [0.1, 0.15) is 106 Å². The molecule has 5 heterocycles. The molecule has 0 bridgehead atoms. The number of likely N-dealkylation sites (N-methyl/N-ethyl adjacent to an activating group) is 1. The van der Waals surface area contributed by atoms with E-state index in [1.54, 1.807) is 31.1 Å². The second-order valence-electron chi connectivity index (χ2n) is 18.5. The van der Waals surface area contributed by atoms with E-state index < -0.39 is 83.2 Å². The molecule has 3 aliphatic heterocycles. The lowest BCUT2D eigenvalue weighted by Gasteiger charge is -2.46. The lowest BCUT2D eigenvalue weighted by Crippen LogP contribution is -2.58. The van der Waals surface area contributed by atoms with Gasteiger partial charge in [-0.3, -0.25) is 19.4 Å². The Balaban J connectivity index is 1.43. The Kier molecular flexibility index (Phi) is 14.5. The van der Waals surface area contributed by atoms with E-state index in [9.17, 15) is 24.3 Å². The number of ketones is 2. The summed E-state index contributed by atoms with van der Waals surface area (Å²) < 4.78 is 27.3. The average molecular weight is 824 g/mol. The number of aliphatic hydroxyl groups excluding tert-OH is 1. The number of cyclic esters (lactones) is 1. The molecule has 59 heavy (non-hydrogen) atoms. The highest BCUT2D eigenvalue weighted by molar-refractivity contribution is 6.00. The number of ether oxygens (including phenoxy) is 4. The molecule has 14 nitrogen and oxygen atoms in total. The highest BCUT2D eigenvalue weighted by atomic mass is 16.7. The van der Waals surface area contributed by atoms with Crippen LogP contribution in [0.2, 0.25) is 0 Å². The van der Waals surface area contributed by atoms with Crippen molar-refractivity contribution < 1.29 is 43.2 Å². The number of carbonyl (C=O) groups is 4. The van der Waals surface area contributed by atoms with Gasteiger partial charge in [0.15, 0.2) is 17.7 Å². The number of nitrogens with zero attached hydrogens (tertiary/aromatic N) is 5. The Bertz CT molecular complexity index is 1820.